The van der Waals surface area contributed by atoms with Crippen LogP contribution in [0.3, 0.4) is 0 Å². The van der Waals surface area contributed by atoms with Gasteiger partial charge in [-0.15, -0.1) is 0 Å². The van der Waals surface area contributed by atoms with E-state index in [0.29, 0.717) is 19.6 Å². The van der Waals surface area contributed by atoms with Gasteiger partial charge in [0.25, 0.3) is 0 Å². The molecule has 9 heteroatoms. The van der Waals surface area contributed by atoms with E-state index in [4.69, 9.17) is 4.74 Å². The number of aromatic amines is 2. The Kier molecular flexibility index (Phi) is 12.9. The van der Waals surface area contributed by atoms with Crippen LogP contribution in [0.2, 0.25) is 0 Å². The minimum absolute atomic E-state index is 0.0861. The minimum Gasteiger partial charge on any atom is -0.444 e. The Labute approximate surface area is 246 Å². The molecule has 9 nitrogen and oxygen atoms in total. The van der Waals surface area contributed by atoms with Crippen molar-refractivity contribution in [3.05, 3.63) is 71.8 Å². The van der Waals surface area contributed by atoms with Gasteiger partial charge in [-0.25, -0.2) is 14.8 Å². The normalized spacial score (nSPS) is 12.7. The summed E-state index contributed by atoms with van der Waals surface area (Å²) in [7, 11) is 0. The van der Waals surface area contributed by atoms with E-state index in [0.717, 1.165) is 56.2 Å². The van der Waals surface area contributed by atoms with Gasteiger partial charge in [0.15, 0.2) is 0 Å². The van der Waals surface area contributed by atoms with E-state index in [1.54, 1.807) is 12.4 Å². The van der Waals surface area contributed by atoms with E-state index in [2.05, 4.69) is 74.8 Å². The Hall–Kier alpha value is -3.17. The lowest BCUT2D eigenvalue weighted by atomic mass is 10.1. The summed E-state index contributed by atoms with van der Waals surface area (Å²) in [5.74, 6) is 1.84. The molecule has 3 aromatic rings. The van der Waals surface area contributed by atoms with Crippen LogP contribution in [0, 0.1) is 0 Å². The number of ether oxygens (including phenoxy) is 1. The van der Waals surface area contributed by atoms with Gasteiger partial charge < -0.3 is 24.5 Å². The Morgan fingerprint density at radius 3 is 2.02 bits per heavy atom. The number of amides is 1. The summed E-state index contributed by atoms with van der Waals surface area (Å²) in [5.41, 5.74) is 1.75. The van der Waals surface area contributed by atoms with Crippen molar-refractivity contribution in [2.24, 2.45) is 0 Å². The molecule has 1 aromatic carbocycles. The number of carbonyl (C=O) groups is 1. The largest absolute Gasteiger partial charge is 0.444 e. The molecule has 0 spiro atoms. The number of nitrogens with one attached hydrogen (secondary N) is 2. The molecule has 1 unspecified atom stereocenters. The Bertz CT molecular complexity index is 1100. The summed E-state index contributed by atoms with van der Waals surface area (Å²) in [6, 6.07) is 8.64. The van der Waals surface area contributed by atoms with Crippen molar-refractivity contribution in [3.63, 3.8) is 0 Å². The van der Waals surface area contributed by atoms with Crippen molar-refractivity contribution in [1.29, 1.82) is 0 Å². The number of hydrogen-bond acceptors (Lipinski definition) is 6. The zero-order valence-corrected chi connectivity index (χ0v) is 26.0. The molecular weight excluding hydrogens is 514 g/mol. The standard InChI is InChI=1S/C32H51N7O2/c1-7-19-37(20-8-2)21-9-10-22-38(31(40)41-32(4,5)6)23-27-11-13-28(14-12-27)24-39(25-29-33-15-16-34-29)26(3)30-35-17-18-36-30/h11-18,26H,7-10,19-25H2,1-6H3,(H,33,34)(H,35,36). The van der Waals surface area contributed by atoms with E-state index < -0.39 is 5.60 Å². The Balaban J connectivity index is 1.64. The molecule has 1 amide bonds. The molecule has 0 bridgehead atoms. The quantitative estimate of drug-likeness (QED) is 0.181. The number of rotatable bonds is 17. The smallest absolute Gasteiger partial charge is 0.410 e. The van der Waals surface area contributed by atoms with Gasteiger partial charge in [-0.3, -0.25) is 4.90 Å². The van der Waals surface area contributed by atoms with Crippen LogP contribution in [0.25, 0.3) is 0 Å². The molecule has 3 rings (SSSR count). The predicted octanol–water partition coefficient (Wildman–Crippen LogP) is 6.54. The van der Waals surface area contributed by atoms with E-state index in [1.807, 2.05) is 38.1 Å². The maximum absolute atomic E-state index is 13.1. The van der Waals surface area contributed by atoms with Crippen LogP contribution in [0.15, 0.2) is 49.1 Å². The van der Waals surface area contributed by atoms with Crippen molar-refractivity contribution >= 4 is 6.09 Å². The monoisotopic (exact) mass is 565 g/mol. The van der Waals surface area contributed by atoms with E-state index in [-0.39, 0.29) is 12.1 Å². The number of unbranched alkanes of at least 4 members (excludes halogenated alkanes) is 1. The summed E-state index contributed by atoms with van der Waals surface area (Å²) >= 11 is 0. The summed E-state index contributed by atoms with van der Waals surface area (Å²) in [6.07, 6.45) is 11.4. The number of carbonyl (C=O) groups excluding carboxylic acids is 1. The maximum atomic E-state index is 13.1. The highest BCUT2D eigenvalue weighted by Gasteiger charge is 2.23. The second kappa shape index (κ2) is 16.3. The highest BCUT2D eigenvalue weighted by atomic mass is 16.6. The highest BCUT2D eigenvalue weighted by Crippen LogP contribution is 2.22. The molecule has 1 atom stereocenters. The molecule has 0 aliphatic heterocycles. The van der Waals surface area contributed by atoms with E-state index in [1.165, 1.54) is 18.4 Å². The third kappa shape index (κ3) is 11.3. The average Bonchev–Trinajstić information content (AvgIpc) is 3.65. The van der Waals surface area contributed by atoms with Gasteiger partial charge in [0.05, 0.1) is 12.6 Å². The SMILES string of the molecule is CCCN(CCC)CCCCN(Cc1ccc(CN(Cc2ncc[nH]2)C(C)c2ncc[nH]2)cc1)C(=O)OC(C)(C)C. The first kappa shape index (κ1) is 32.3. The van der Waals surface area contributed by atoms with Crippen molar-refractivity contribution in [2.75, 3.05) is 26.2 Å². The number of nitrogens with zero attached hydrogens (tertiary/aromatic N) is 5. The molecule has 2 aromatic heterocycles. The van der Waals surface area contributed by atoms with Crippen LogP contribution in [0.4, 0.5) is 4.79 Å². The van der Waals surface area contributed by atoms with Crippen molar-refractivity contribution in [3.8, 4) is 0 Å². The number of hydrogen-bond donors (Lipinski definition) is 2. The molecule has 0 saturated carbocycles. The Morgan fingerprint density at radius 1 is 0.854 bits per heavy atom. The first-order chi connectivity index (χ1) is 19.7. The number of benzene rings is 1. The highest BCUT2D eigenvalue weighted by molar-refractivity contribution is 5.68. The fraction of sp³-hybridized carbons (Fsp3) is 0.594. The lowest BCUT2D eigenvalue weighted by Crippen LogP contribution is -2.37. The molecule has 41 heavy (non-hydrogen) atoms. The third-order valence-electron chi connectivity index (χ3n) is 7.04. The van der Waals surface area contributed by atoms with Crippen molar-refractivity contribution < 1.29 is 9.53 Å². The molecule has 0 aliphatic rings. The summed E-state index contributed by atoms with van der Waals surface area (Å²) in [6.45, 7) is 18.3. The van der Waals surface area contributed by atoms with Gasteiger partial charge in [-0.05, 0) is 84.1 Å². The van der Waals surface area contributed by atoms with Crippen LogP contribution in [0.5, 0.6) is 0 Å². The maximum Gasteiger partial charge on any atom is 0.410 e. The summed E-state index contributed by atoms with van der Waals surface area (Å²) in [4.78, 5) is 35.2. The summed E-state index contributed by atoms with van der Waals surface area (Å²) in [5, 5.41) is 0. The van der Waals surface area contributed by atoms with Crippen LogP contribution >= 0.6 is 0 Å². The number of imidazole rings is 2. The van der Waals surface area contributed by atoms with Crippen LogP contribution in [0.1, 0.15) is 96.0 Å². The third-order valence-corrected chi connectivity index (χ3v) is 7.04. The lowest BCUT2D eigenvalue weighted by Gasteiger charge is -2.28. The van der Waals surface area contributed by atoms with Gasteiger partial charge in [0.2, 0.25) is 0 Å². The topological polar surface area (TPSA) is 93.4 Å². The minimum atomic E-state index is -0.527. The van der Waals surface area contributed by atoms with E-state index >= 15 is 0 Å². The van der Waals surface area contributed by atoms with Crippen molar-refractivity contribution in [1.82, 2.24) is 34.6 Å². The van der Waals surface area contributed by atoms with E-state index in [9.17, 15) is 4.79 Å². The van der Waals surface area contributed by atoms with Crippen LogP contribution < -0.4 is 0 Å². The average molecular weight is 566 g/mol. The summed E-state index contributed by atoms with van der Waals surface area (Å²) < 4.78 is 5.77. The van der Waals surface area contributed by atoms with Gasteiger partial charge in [-0.1, -0.05) is 38.1 Å². The Morgan fingerprint density at radius 2 is 1.46 bits per heavy atom. The molecule has 0 saturated heterocycles. The second-order valence-electron chi connectivity index (χ2n) is 11.9. The lowest BCUT2D eigenvalue weighted by molar-refractivity contribution is 0.0229. The van der Waals surface area contributed by atoms with Gasteiger partial charge in [0.1, 0.15) is 17.2 Å². The fourth-order valence-corrected chi connectivity index (χ4v) is 4.96. The molecule has 2 heterocycles. The zero-order valence-electron chi connectivity index (χ0n) is 26.0. The van der Waals surface area contributed by atoms with Gasteiger partial charge >= 0.3 is 6.09 Å². The molecule has 0 aliphatic carbocycles. The molecular formula is C32H51N7O2. The molecule has 0 radical (unpaired) electrons. The number of aromatic nitrogens is 4. The first-order valence-electron chi connectivity index (χ1n) is 15.2. The molecule has 2 N–H and O–H groups in total. The number of H-pyrrole nitrogens is 2. The predicted molar refractivity (Wildman–Crippen MR) is 164 cm³/mol. The molecule has 0 fully saturated rings. The molecule has 226 valence electrons. The fourth-order valence-electron chi connectivity index (χ4n) is 4.96. The van der Waals surface area contributed by atoms with Crippen LogP contribution in [-0.2, 0) is 24.4 Å². The van der Waals surface area contributed by atoms with Gasteiger partial charge in [-0.2, -0.15) is 0 Å². The van der Waals surface area contributed by atoms with Gasteiger partial charge in [0, 0.05) is 44.4 Å². The van der Waals surface area contributed by atoms with Crippen LogP contribution in [-0.4, -0.2) is 72.5 Å². The first-order valence-corrected chi connectivity index (χ1v) is 15.2. The zero-order chi connectivity index (χ0) is 29.7. The second-order valence-corrected chi connectivity index (χ2v) is 11.9. The van der Waals surface area contributed by atoms with Crippen molar-refractivity contribution in [2.45, 2.75) is 98.5 Å².